The van der Waals surface area contributed by atoms with Crippen LogP contribution in [0.2, 0.25) is 0 Å². The van der Waals surface area contributed by atoms with Crippen molar-refractivity contribution in [3.8, 4) is 0 Å². The van der Waals surface area contributed by atoms with E-state index in [0.29, 0.717) is 15.7 Å². The lowest BCUT2D eigenvalue weighted by atomic mass is 10.1. The minimum absolute atomic E-state index is 0.0280. The number of halogens is 3. The molecule has 2 heterocycles. The van der Waals surface area contributed by atoms with E-state index in [1.54, 1.807) is 11.0 Å². The lowest BCUT2D eigenvalue weighted by molar-refractivity contribution is -0.118. The highest BCUT2D eigenvalue weighted by Crippen LogP contribution is 2.29. The van der Waals surface area contributed by atoms with Gasteiger partial charge in [-0.05, 0) is 82.4 Å². The van der Waals surface area contributed by atoms with Crippen molar-refractivity contribution in [1.29, 1.82) is 0 Å². The molecule has 220 valence electrons. The molecule has 0 fully saturated rings. The predicted octanol–water partition coefficient (Wildman–Crippen LogP) is 5.70. The van der Waals surface area contributed by atoms with Crippen LogP contribution in [-0.2, 0) is 27.5 Å². The molecule has 4 rings (SSSR count). The minimum atomic E-state index is -2.66. The number of alkyl halides is 2. The van der Waals surface area contributed by atoms with Gasteiger partial charge in [0.1, 0.15) is 3.72 Å². The van der Waals surface area contributed by atoms with E-state index in [-0.39, 0.29) is 28.4 Å². The SMILES string of the molecule is CCNCCCCCC(=O)CN(CC(=O)/C=C/N1Cc2ccccc2C1)c1cc(C2=NOC(C(F)F)=I2)ccc1C. The van der Waals surface area contributed by atoms with Gasteiger partial charge in [0.25, 0.3) is 0 Å². The third-order valence-electron chi connectivity index (χ3n) is 6.96. The number of carbonyl (C=O) groups excluding carboxylic acids is 2. The number of Topliss-reactive ketones (excluding diaryl/α,β-unsaturated/α-hetero) is 1. The first-order valence-corrected chi connectivity index (χ1v) is 16.1. The van der Waals surface area contributed by atoms with Crippen LogP contribution in [0.15, 0.2) is 59.9 Å². The van der Waals surface area contributed by atoms with Crippen molar-refractivity contribution in [2.24, 2.45) is 5.16 Å². The molecule has 2 aliphatic heterocycles. The second-order valence-corrected chi connectivity index (χ2v) is 12.8. The second-order valence-electron chi connectivity index (χ2n) is 10.2. The number of benzene rings is 2. The Morgan fingerprint density at radius 1 is 1.12 bits per heavy atom. The molecule has 0 bridgehead atoms. The summed E-state index contributed by atoms with van der Waals surface area (Å²) in [4.78, 5) is 35.0. The fourth-order valence-corrected chi connectivity index (χ4v) is 6.59. The van der Waals surface area contributed by atoms with Crippen LogP contribution in [-0.4, -0.2) is 56.5 Å². The standard InChI is InChI=1S/C31H37F2IN4O3/c1-3-35-15-8-4-5-11-26(39)20-38(21-27(40)14-16-37-18-24-9-6-7-10-25(24)19-37)28-17-23(13-12-22(28)2)30-34-31(29(32)33)41-36-30/h6-7,9-10,12-14,16-17,29,35H,3-5,8,11,15,18-21H2,1-2H3/b16-14+. The van der Waals surface area contributed by atoms with Gasteiger partial charge in [-0.3, -0.25) is 9.59 Å². The Morgan fingerprint density at radius 2 is 1.88 bits per heavy atom. The number of nitrogens with zero attached hydrogens (tertiary/aromatic N) is 3. The minimum Gasteiger partial charge on any atom is -0.369 e. The number of fused-ring (bicyclic) bond motifs is 1. The molecule has 1 N–H and O–H groups in total. The molecule has 10 heteroatoms. The van der Waals surface area contributed by atoms with Gasteiger partial charge < -0.3 is 20.0 Å². The largest absolute Gasteiger partial charge is 0.369 e. The van der Waals surface area contributed by atoms with Crippen molar-refractivity contribution >= 4 is 45.4 Å². The van der Waals surface area contributed by atoms with Crippen molar-refractivity contribution in [3.63, 3.8) is 0 Å². The Morgan fingerprint density at radius 3 is 2.56 bits per heavy atom. The highest BCUT2D eigenvalue weighted by Gasteiger charge is 2.24. The third-order valence-corrected chi connectivity index (χ3v) is 9.49. The van der Waals surface area contributed by atoms with Crippen LogP contribution in [0.3, 0.4) is 0 Å². The van der Waals surface area contributed by atoms with Crippen LogP contribution in [0.4, 0.5) is 14.5 Å². The van der Waals surface area contributed by atoms with E-state index in [1.807, 2.05) is 43.5 Å². The smallest absolute Gasteiger partial charge is 0.303 e. The van der Waals surface area contributed by atoms with Crippen molar-refractivity contribution in [2.75, 3.05) is 31.1 Å². The van der Waals surface area contributed by atoms with E-state index in [1.165, 1.54) is 11.1 Å². The summed E-state index contributed by atoms with van der Waals surface area (Å²) in [5.41, 5.74) is 4.78. The molecule has 0 saturated carbocycles. The highest BCUT2D eigenvalue weighted by atomic mass is 127. The first-order valence-electron chi connectivity index (χ1n) is 14.0. The maximum Gasteiger partial charge on any atom is 0.303 e. The Hall–Kier alpha value is -2.99. The predicted molar refractivity (Wildman–Crippen MR) is 168 cm³/mol. The summed E-state index contributed by atoms with van der Waals surface area (Å²) in [5.74, 6) is -0.0567. The zero-order valence-corrected chi connectivity index (χ0v) is 25.7. The number of unbranched alkanes of at least 4 members (excludes halogenated alkanes) is 2. The van der Waals surface area contributed by atoms with Gasteiger partial charge in [-0.15, -0.1) is 0 Å². The summed E-state index contributed by atoms with van der Waals surface area (Å²) in [5, 5.41) is 7.19. The molecule has 0 saturated heterocycles. The molecule has 0 atom stereocenters. The van der Waals surface area contributed by atoms with Gasteiger partial charge in [0, 0.05) is 37.0 Å². The number of aryl methyl sites for hydroxylation is 1. The Labute approximate surface area is 250 Å². The van der Waals surface area contributed by atoms with E-state index in [4.69, 9.17) is 4.84 Å². The van der Waals surface area contributed by atoms with Gasteiger partial charge in [0.2, 0.25) is 3.69 Å². The van der Waals surface area contributed by atoms with Gasteiger partial charge in [0.15, 0.2) is 11.6 Å². The van der Waals surface area contributed by atoms with E-state index >= 15 is 0 Å². The maximum absolute atomic E-state index is 13.2. The Balaban J connectivity index is 1.46. The zero-order valence-electron chi connectivity index (χ0n) is 23.5. The number of carbonyl (C=O) groups is 2. The monoisotopic (exact) mass is 678 g/mol. The van der Waals surface area contributed by atoms with Gasteiger partial charge in [-0.2, -0.15) is 0 Å². The van der Waals surface area contributed by atoms with Crippen LogP contribution < -0.4 is 10.2 Å². The van der Waals surface area contributed by atoms with Gasteiger partial charge in [-0.1, -0.05) is 54.9 Å². The third kappa shape index (κ3) is 9.00. The number of anilines is 1. The average molecular weight is 679 g/mol. The molecular weight excluding hydrogens is 641 g/mol. The fourth-order valence-electron chi connectivity index (χ4n) is 4.81. The number of ketones is 2. The molecule has 2 aromatic rings. The number of hydrogen-bond acceptors (Lipinski definition) is 7. The topological polar surface area (TPSA) is 74.2 Å². The van der Waals surface area contributed by atoms with Gasteiger partial charge in [0.05, 0.1) is 13.1 Å². The van der Waals surface area contributed by atoms with Crippen LogP contribution in [0.5, 0.6) is 0 Å². The zero-order chi connectivity index (χ0) is 29.2. The lowest BCUT2D eigenvalue weighted by Gasteiger charge is -2.25. The van der Waals surface area contributed by atoms with E-state index in [0.717, 1.165) is 56.7 Å². The van der Waals surface area contributed by atoms with Gasteiger partial charge >= 0.3 is 6.43 Å². The number of nitrogens with one attached hydrogen (secondary N) is 1. The van der Waals surface area contributed by atoms with Crippen LogP contribution in [0.1, 0.15) is 54.9 Å². The quantitative estimate of drug-likeness (QED) is 0.140. The van der Waals surface area contributed by atoms with Gasteiger partial charge in [-0.25, -0.2) is 8.78 Å². The molecular formula is C31H37F2IN4O3. The highest BCUT2D eigenvalue weighted by molar-refractivity contribution is 14.2. The molecule has 41 heavy (non-hydrogen) atoms. The lowest BCUT2D eigenvalue weighted by Crippen LogP contribution is -2.35. The van der Waals surface area contributed by atoms with Crippen molar-refractivity contribution in [3.05, 3.63) is 77.0 Å². The van der Waals surface area contributed by atoms with Crippen molar-refractivity contribution in [2.45, 2.75) is 59.0 Å². The molecule has 0 spiro atoms. The molecule has 2 aliphatic rings. The number of rotatable bonds is 16. The van der Waals surface area contributed by atoms with Crippen LogP contribution in [0.25, 0.3) is 0 Å². The summed E-state index contributed by atoms with van der Waals surface area (Å²) in [7, 11) is 0. The number of oxime groups is 1. The summed E-state index contributed by atoms with van der Waals surface area (Å²) in [6.07, 6.45) is 3.95. The van der Waals surface area contributed by atoms with Crippen molar-refractivity contribution in [1.82, 2.24) is 10.2 Å². The second kappa shape index (κ2) is 15.3. The average Bonchev–Trinajstić information content (AvgIpc) is 3.61. The summed E-state index contributed by atoms with van der Waals surface area (Å²) < 4.78 is 26.5. The molecule has 0 aliphatic carbocycles. The first-order chi connectivity index (χ1) is 19.8. The van der Waals surface area contributed by atoms with Crippen LogP contribution in [0, 0.1) is 6.92 Å². The molecule has 0 radical (unpaired) electrons. The number of hydrogen-bond donors (Lipinski definition) is 1. The molecule has 7 nitrogen and oxygen atoms in total. The maximum atomic E-state index is 13.2. The molecule has 0 amide bonds. The summed E-state index contributed by atoms with van der Waals surface area (Å²) in [6.45, 7) is 7.48. The molecule has 0 unspecified atom stereocenters. The molecule has 0 aromatic heterocycles. The fraction of sp³-hybridized carbons (Fsp3) is 0.419. The van der Waals surface area contributed by atoms with E-state index < -0.39 is 27.2 Å². The molecule has 2 aromatic carbocycles. The Bertz CT molecular complexity index is 1300. The summed E-state index contributed by atoms with van der Waals surface area (Å²) in [6, 6.07) is 13.8. The van der Waals surface area contributed by atoms with Crippen molar-refractivity contribution < 1.29 is 23.2 Å². The Kier molecular flexibility index (Phi) is 11.6. The van der Waals surface area contributed by atoms with E-state index in [9.17, 15) is 18.4 Å². The summed E-state index contributed by atoms with van der Waals surface area (Å²) >= 11 is -1.21. The normalized spacial score (nSPS) is 14.5. The first kappa shape index (κ1) is 31.0. The van der Waals surface area contributed by atoms with Crippen LogP contribution >= 0.6 is 20.7 Å². The van der Waals surface area contributed by atoms with E-state index in [2.05, 4.69) is 34.4 Å².